The van der Waals surface area contributed by atoms with Gasteiger partial charge in [-0.25, -0.2) is 9.59 Å². The van der Waals surface area contributed by atoms with Crippen molar-refractivity contribution in [1.29, 1.82) is 0 Å². The van der Waals surface area contributed by atoms with Crippen LogP contribution in [0.25, 0.3) is 0 Å². The van der Waals surface area contributed by atoms with Crippen molar-refractivity contribution in [3.63, 3.8) is 0 Å². The summed E-state index contributed by atoms with van der Waals surface area (Å²) >= 11 is 0. The molecule has 0 fully saturated rings. The summed E-state index contributed by atoms with van der Waals surface area (Å²) in [5, 5.41) is 28.2. The number of aliphatic carboxylic acids is 1. The zero-order chi connectivity index (χ0) is 30.9. The van der Waals surface area contributed by atoms with E-state index in [1.54, 1.807) is 37.3 Å². The van der Waals surface area contributed by atoms with Crippen molar-refractivity contribution in [2.24, 2.45) is 0 Å². The predicted octanol–water partition coefficient (Wildman–Crippen LogP) is 8.59. The fraction of sp³-hybridized carbons (Fsp3) is 0.515. The number of hydrogen-bond acceptors (Lipinski definition) is 4. The van der Waals surface area contributed by atoms with Crippen molar-refractivity contribution < 1.29 is 34.5 Å². The number of hydrogen-bond donors (Lipinski definition) is 4. The molecule has 0 bridgehead atoms. The van der Waals surface area contributed by atoms with Crippen LogP contribution in [0, 0.1) is 6.92 Å². The van der Waals surface area contributed by atoms with Crippen LogP contribution in [0.3, 0.4) is 0 Å². The third-order valence-corrected chi connectivity index (χ3v) is 6.32. The van der Waals surface area contributed by atoms with E-state index in [0.29, 0.717) is 17.7 Å². The van der Waals surface area contributed by atoms with E-state index in [0.717, 1.165) is 18.4 Å². The summed E-state index contributed by atoms with van der Waals surface area (Å²) in [6.07, 6.45) is 17.3. The monoisotopic (exact) mass is 571 g/mol. The lowest BCUT2D eigenvalue weighted by atomic mass is 10.0. The van der Waals surface area contributed by atoms with Crippen LogP contribution in [0.4, 0.5) is 5.69 Å². The second-order valence-electron chi connectivity index (χ2n) is 10.1. The van der Waals surface area contributed by atoms with E-state index in [2.05, 4.69) is 12.2 Å². The molecule has 2 aromatic rings. The number of anilines is 1. The maximum atomic E-state index is 10.6. The molecule has 0 atom stereocenters. The lowest BCUT2D eigenvalue weighted by Gasteiger charge is -2.02. The van der Waals surface area contributed by atoms with Gasteiger partial charge in [0.15, 0.2) is 0 Å². The molecule has 8 nitrogen and oxygen atoms in total. The van der Waals surface area contributed by atoms with Crippen LogP contribution in [0.2, 0.25) is 0 Å². The Morgan fingerprint density at radius 3 is 1.46 bits per heavy atom. The minimum atomic E-state index is -0.977. The second kappa shape index (κ2) is 24.1. The summed E-state index contributed by atoms with van der Waals surface area (Å²) in [5.41, 5.74) is 1.98. The van der Waals surface area contributed by atoms with E-state index in [4.69, 9.17) is 15.3 Å². The molecule has 8 heteroatoms. The molecule has 0 aliphatic rings. The summed E-state index contributed by atoms with van der Waals surface area (Å²) < 4.78 is 0. The molecule has 0 saturated heterocycles. The first-order chi connectivity index (χ1) is 19.6. The molecule has 0 saturated carbocycles. The average Bonchev–Trinajstić information content (AvgIpc) is 2.92. The van der Waals surface area contributed by atoms with Crippen LogP contribution in [0.5, 0.6) is 0 Å². The van der Waals surface area contributed by atoms with Crippen molar-refractivity contribution >= 4 is 29.5 Å². The third-order valence-electron chi connectivity index (χ3n) is 6.32. The van der Waals surface area contributed by atoms with Crippen molar-refractivity contribution in [3.05, 3.63) is 65.2 Å². The highest BCUT2D eigenvalue weighted by Gasteiger charge is 2.03. The first-order valence-corrected chi connectivity index (χ1v) is 14.7. The molecule has 0 heterocycles. The standard InChI is InChI=1S/C16H32O2.C9H9NO3.C8H8O2/c1-2-3-4-5-6-7-8-9-10-11-12-13-14-15-16(17)18;1-6(11)10-8-4-2-7(3-5-8)9(12)13;1-6-4-2-3-5-7(6)8(9)10/h2-15H2,1H3,(H,17,18);2-5H,1H3,(H,10,11)(H,12,13);2-5H,1H3,(H,9,10). The van der Waals surface area contributed by atoms with E-state index in [9.17, 15) is 19.2 Å². The fourth-order valence-corrected chi connectivity index (χ4v) is 4.01. The number of aromatic carboxylic acids is 2. The largest absolute Gasteiger partial charge is 0.481 e. The van der Waals surface area contributed by atoms with Crippen LogP contribution in [-0.4, -0.2) is 39.1 Å². The highest BCUT2D eigenvalue weighted by atomic mass is 16.4. The molecule has 0 aromatic heterocycles. The van der Waals surface area contributed by atoms with E-state index in [-0.39, 0.29) is 11.5 Å². The van der Waals surface area contributed by atoms with Crippen LogP contribution >= 0.6 is 0 Å². The van der Waals surface area contributed by atoms with Gasteiger partial charge >= 0.3 is 17.9 Å². The van der Waals surface area contributed by atoms with E-state index in [1.165, 1.54) is 89.7 Å². The van der Waals surface area contributed by atoms with Gasteiger partial charge in [0.2, 0.25) is 5.91 Å². The lowest BCUT2D eigenvalue weighted by molar-refractivity contribution is -0.137. The number of nitrogens with one attached hydrogen (secondary N) is 1. The third kappa shape index (κ3) is 21.8. The smallest absolute Gasteiger partial charge is 0.335 e. The number of rotatable bonds is 17. The molecule has 1 amide bonds. The van der Waals surface area contributed by atoms with Gasteiger partial charge in [-0.05, 0) is 49.2 Å². The average molecular weight is 572 g/mol. The van der Waals surface area contributed by atoms with Gasteiger partial charge in [-0.2, -0.15) is 0 Å². The molecule has 0 spiro atoms. The first kappa shape index (κ1) is 37.3. The number of carboxylic acids is 3. The predicted molar refractivity (Wildman–Crippen MR) is 164 cm³/mol. The maximum absolute atomic E-state index is 10.6. The van der Waals surface area contributed by atoms with Crippen molar-refractivity contribution in [2.75, 3.05) is 5.32 Å². The van der Waals surface area contributed by atoms with Crippen molar-refractivity contribution in [1.82, 2.24) is 0 Å². The zero-order valence-electron chi connectivity index (χ0n) is 25.0. The molecule has 2 aromatic carbocycles. The van der Waals surface area contributed by atoms with Crippen LogP contribution in [0.1, 0.15) is 130 Å². The van der Waals surface area contributed by atoms with Gasteiger partial charge in [0.25, 0.3) is 0 Å². The van der Waals surface area contributed by atoms with E-state index in [1.807, 2.05) is 6.07 Å². The Kier molecular flexibility index (Phi) is 22.0. The van der Waals surface area contributed by atoms with Crippen LogP contribution in [-0.2, 0) is 9.59 Å². The van der Waals surface area contributed by atoms with Gasteiger partial charge in [-0.15, -0.1) is 0 Å². The highest BCUT2D eigenvalue weighted by molar-refractivity contribution is 5.91. The maximum Gasteiger partial charge on any atom is 0.335 e. The number of unbranched alkanes of at least 4 members (excludes halogenated alkanes) is 12. The second-order valence-corrected chi connectivity index (χ2v) is 10.1. The number of carbonyl (C=O) groups excluding carboxylic acids is 1. The normalized spacial score (nSPS) is 9.93. The molecule has 4 N–H and O–H groups in total. The lowest BCUT2D eigenvalue weighted by Crippen LogP contribution is -2.05. The molecule has 2 rings (SSSR count). The Morgan fingerprint density at radius 1 is 0.634 bits per heavy atom. The van der Waals surface area contributed by atoms with Gasteiger partial charge < -0.3 is 20.6 Å². The Balaban J connectivity index is 0.000000610. The molecule has 0 radical (unpaired) electrons. The fourth-order valence-electron chi connectivity index (χ4n) is 4.01. The number of benzene rings is 2. The number of amides is 1. The summed E-state index contributed by atoms with van der Waals surface area (Å²) in [7, 11) is 0. The molecular weight excluding hydrogens is 522 g/mol. The van der Waals surface area contributed by atoms with Gasteiger partial charge in [0, 0.05) is 19.0 Å². The van der Waals surface area contributed by atoms with Crippen molar-refractivity contribution in [2.45, 2.75) is 111 Å². The minimum Gasteiger partial charge on any atom is -0.481 e. The van der Waals surface area contributed by atoms with Gasteiger partial charge in [0.1, 0.15) is 0 Å². The highest BCUT2D eigenvalue weighted by Crippen LogP contribution is 2.13. The molecule has 228 valence electrons. The first-order valence-electron chi connectivity index (χ1n) is 14.7. The minimum absolute atomic E-state index is 0.178. The quantitative estimate of drug-likeness (QED) is 0.139. The number of carbonyl (C=O) groups is 4. The topological polar surface area (TPSA) is 141 Å². The molecule has 0 aliphatic carbocycles. The number of carboxylic acid groups (broad SMARTS) is 3. The van der Waals surface area contributed by atoms with Crippen molar-refractivity contribution in [3.8, 4) is 0 Å². The van der Waals surface area contributed by atoms with Gasteiger partial charge in [-0.3, -0.25) is 9.59 Å². The van der Waals surface area contributed by atoms with Gasteiger partial charge in [-0.1, -0.05) is 102 Å². The summed E-state index contributed by atoms with van der Waals surface area (Å²) in [4.78, 5) is 41.8. The molecule has 0 aliphatic heterocycles. The van der Waals surface area contributed by atoms with Crippen LogP contribution in [0.15, 0.2) is 48.5 Å². The Bertz CT molecular complexity index is 1020. The summed E-state index contributed by atoms with van der Waals surface area (Å²) in [6, 6.07) is 12.9. The SMILES string of the molecule is CC(=O)Nc1ccc(C(=O)O)cc1.CCCCCCCCCCCCCCCC(=O)O.Cc1ccccc1C(=O)O. The Morgan fingerprint density at radius 2 is 1.10 bits per heavy atom. The van der Waals surface area contributed by atoms with E-state index >= 15 is 0 Å². The number of aryl methyl sites for hydroxylation is 1. The molecular formula is C33H49NO7. The summed E-state index contributed by atoms with van der Waals surface area (Å²) in [6.45, 7) is 5.44. The van der Waals surface area contributed by atoms with Gasteiger partial charge in [0.05, 0.1) is 11.1 Å². The Hall–Kier alpha value is -3.68. The molecule has 41 heavy (non-hydrogen) atoms. The molecule has 0 unspecified atom stereocenters. The van der Waals surface area contributed by atoms with E-state index < -0.39 is 17.9 Å². The zero-order valence-corrected chi connectivity index (χ0v) is 25.0. The summed E-state index contributed by atoms with van der Waals surface area (Å²) in [5.74, 6) is -2.67. The van der Waals surface area contributed by atoms with Crippen LogP contribution < -0.4 is 5.32 Å². The Labute approximate surface area is 245 Å².